The van der Waals surface area contributed by atoms with Crippen molar-refractivity contribution in [1.82, 2.24) is 9.55 Å². The minimum Gasteiger partial charge on any atom is -0.286 e. The van der Waals surface area contributed by atoms with Gasteiger partial charge >= 0.3 is 0 Å². The number of aromatic nitrogens is 2. The summed E-state index contributed by atoms with van der Waals surface area (Å²) in [5.74, 6) is -0.869. The van der Waals surface area contributed by atoms with E-state index in [0.29, 0.717) is 17.5 Å². The van der Waals surface area contributed by atoms with Crippen molar-refractivity contribution in [2.45, 2.75) is 11.7 Å². The highest BCUT2D eigenvalue weighted by Gasteiger charge is 2.22. The molecular formula is C13H7F2N3OS. The molecule has 7 heteroatoms. The van der Waals surface area contributed by atoms with E-state index in [1.54, 1.807) is 6.07 Å². The van der Waals surface area contributed by atoms with Crippen LogP contribution in [0, 0.1) is 23.0 Å². The van der Waals surface area contributed by atoms with Gasteiger partial charge in [-0.2, -0.15) is 5.26 Å². The molecule has 0 bridgehead atoms. The van der Waals surface area contributed by atoms with Crippen LogP contribution >= 0.6 is 11.8 Å². The molecule has 3 rings (SSSR count). The third-order valence-electron chi connectivity index (χ3n) is 2.93. The zero-order chi connectivity index (χ0) is 14.3. The molecule has 0 saturated heterocycles. The lowest BCUT2D eigenvalue weighted by Crippen LogP contribution is -2.24. The molecule has 2 heterocycles. The van der Waals surface area contributed by atoms with E-state index in [2.05, 4.69) is 4.98 Å². The summed E-state index contributed by atoms with van der Waals surface area (Å²) in [7, 11) is 0. The van der Waals surface area contributed by atoms with Gasteiger partial charge in [-0.1, -0.05) is 11.8 Å². The summed E-state index contributed by atoms with van der Waals surface area (Å²) in [6, 6.07) is 4.62. The Kier molecular flexibility index (Phi) is 3.03. The lowest BCUT2D eigenvalue weighted by atomic mass is 10.1. The maximum atomic E-state index is 13.3. The predicted octanol–water partition coefficient (Wildman–Crippen LogP) is 2.17. The molecule has 1 aromatic heterocycles. The van der Waals surface area contributed by atoms with Gasteiger partial charge in [0.25, 0.3) is 5.56 Å². The molecule has 0 spiro atoms. The van der Waals surface area contributed by atoms with Crippen LogP contribution < -0.4 is 5.56 Å². The van der Waals surface area contributed by atoms with Gasteiger partial charge in [-0.15, -0.1) is 0 Å². The zero-order valence-corrected chi connectivity index (χ0v) is 10.9. The molecule has 0 radical (unpaired) electrons. The topological polar surface area (TPSA) is 58.7 Å². The van der Waals surface area contributed by atoms with Crippen LogP contribution in [0.25, 0.3) is 11.3 Å². The van der Waals surface area contributed by atoms with Crippen molar-refractivity contribution in [3.8, 4) is 17.3 Å². The van der Waals surface area contributed by atoms with Crippen molar-refractivity contribution in [1.29, 1.82) is 5.26 Å². The van der Waals surface area contributed by atoms with Gasteiger partial charge in [-0.3, -0.25) is 9.36 Å². The summed E-state index contributed by atoms with van der Waals surface area (Å²) in [6.07, 6.45) is 0. The number of halogens is 2. The summed E-state index contributed by atoms with van der Waals surface area (Å²) in [6.45, 7) is 0.484. The summed E-state index contributed by atoms with van der Waals surface area (Å²) >= 11 is 1.37. The van der Waals surface area contributed by atoms with E-state index >= 15 is 0 Å². The van der Waals surface area contributed by atoms with E-state index in [9.17, 15) is 13.6 Å². The monoisotopic (exact) mass is 291 g/mol. The third-order valence-corrected chi connectivity index (χ3v) is 3.88. The van der Waals surface area contributed by atoms with Crippen molar-refractivity contribution >= 4 is 11.8 Å². The molecule has 0 N–H and O–H groups in total. The normalized spacial score (nSPS) is 13.1. The van der Waals surface area contributed by atoms with E-state index in [1.165, 1.54) is 16.3 Å². The summed E-state index contributed by atoms with van der Waals surface area (Å²) in [5, 5.41) is 9.60. The van der Waals surface area contributed by atoms with Crippen LogP contribution in [-0.4, -0.2) is 15.3 Å². The van der Waals surface area contributed by atoms with E-state index in [-0.39, 0.29) is 16.8 Å². The number of hydrogen-bond acceptors (Lipinski definition) is 4. The Morgan fingerprint density at radius 3 is 2.65 bits per heavy atom. The fourth-order valence-electron chi connectivity index (χ4n) is 2.07. The second kappa shape index (κ2) is 4.72. The SMILES string of the molecule is N#Cc1c(-c2cc(F)cc(F)c2)nc2n(c1=O)CCS2. The Bertz CT molecular complexity index is 790. The maximum Gasteiger partial charge on any atom is 0.272 e. The van der Waals surface area contributed by atoms with Crippen LogP contribution in [0.2, 0.25) is 0 Å². The number of thioether (sulfide) groups is 1. The minimum atomic E-state index is -0.779. The number of rotatable bonds is 1. The van der Waals surface area contributed by atoms with E-state index in [4.69, 9.17) is 5.26 Å². The lowest BCUT2D eigenvalue weighted by molar-refractivity contribution is 0.583. The minimum absolute atomic E-state index is 0.0246. The molecule has 100 valence electrons. The molecular weight excluding hydrogens is 284 g/mol. The molecule has 1 aromatic carbocycles. The van der Waals surface area contributed by atoms with E-state index in [1.807, 2.05) is 0 Å². The Morgan fingerprint density at radius 2 is 2.00 bits per heavy atom. The molecule has 20 heavy (non-hydrogen) atoms. The van der Waals surface area contributed by atoms with E-state index in [0.717, 1.165) is 18.2 Å². The van der Waals surface area contributed by atoms with Gasteiger partial charge < -0.3 is 0 Å². The van der Waals surface area contributed by atoms with Crippen molar-refractivity contribution in [3.05, 3.63) is 45.8 Å². The van der Waals surface area contributed by atoms with Gasteiger partial charge in [0.15, 0.2) is 5.16 Å². The van der Waals surface area contributed by atoms with Gasteiger partial charge in [0.2, 0.25) is 0 Å². The molecule has 0 saturated carbocycles. The van der Waals surface area contributed by atoms with Gasteiger partial charge in [-0.25, -0.2) is 13.8 Å². The van der Waals surface area contributed by atoms with Crippen LogP contribution in [0.1, 0.15) is 5.56 Å². The summed E-state index contributed by atoms with van der Waals surface area (Å²) in [4.78, 5) is 16.4. The molecule has 0 aliphatic carbocycles. The number of hydrogen-bond donors (Lipinski definition) is 0. The molecule has 4 nitrogen and oxygen atoms in total. The highest BCUT2D eigenvalue weighted by molar-refractivity contribution is 7.99. The molecule has 0 atom stereocenters. The number of benzene rings is 1. The summed E-state index contributed by atoms with van der Waals surface area (Å²) in [5.41, 5.74) is -0.549. The highest BCUT2D eigenvalue weighted by atomic mass is 32.2. The first-order valence-electron chi connectivity index (χ1n) is 5.74. The average Bonchev–Trinajstić information content (AvgIpc) is 2.86. The van der Waals surface area contributed by atoms with Crippen LogP contribution in [0.4, 0.5) is 8.78 Å². The Labute approximate surface area is 116 Å². The molecule has 2 aromatic rings. The molecule has 0 amide bonds. The standard InChI is InChI=1S/C13H7F2N3OS/c14-8-3-7(4-9(15)5-8)11-10(6-16)12(19)18-1-2-20-13(18)17-11/h3-5H,1-2H2. The lowest BCUT2D eigenvalue weighted by Gasteiger charge is -2.07. The quantitative estimate of drug-likeness (QED) is 0.756. The smallest absolute Gasteiger partial charge is 0.272 e. The van der Waals surface area contributed by atoms with Gasteiger partial charge in [-0.05, 0) is 12.1 Å². The largest absolute Gasteiger partial charge is 0.286 e. The maximum absolute atomic E-state index is 13.3. The first-order valence-corrected chi connectivity index (χ1v) is 6.73. The summed E-state index contributed by atoms with van der Waals surface area (Å²) < 4.78 is 28.0. The Morgan fingerprint density at radius 1 is 1.30 bits per heavy atom. The van der Waals surface area contributed by atoms with Crippen LogP contribution in [0.3, 0.4) is 0 Å². The number of fused-ring (bicyclic) bond motifs is 1. The van der Waals surface area contributed by atoms with Crippen LogP contribution in [0.15, 0.2) is 28.2 Å². The zero-order valence-electron chi connectivity index (χ0n) is 10.1. The Hall–Kier alpha value is -2.20. The van der Waals surface area contributed by atoms with Gasteiger partial charge in [0.1, 0.15) is 23.3 Å². The van der Waals surface area contributed by atoms with Crippen molar-refractivity contribution in [2.75, 3.05) is 5.75 Å². The average molecular weight is 291 g/mol. The highest BCUT2D eigenvalue weighted by Crippen LogP contribution is 2.27. The fraction of sp³-hybridized carbons (Fsp3) is 0.154. The number of nitrogens with zero attached hydrogens (tertiary/aromatic N) is 3. The molecule has 1 aliphatic heterocycles. The van der Waals surface area contributed by atoms with Crippen molar-refractivity contribution in [3.63, 3.8) is 0 Å². The van der Waals surface area contributed by atoms with E-state index < -0.39 is 17.2 Å². The third kappa shape index (κ3) is 1.98. The fourth-order valence-corrected chi connectivity index (χ4v) is 3.01. The first kappa shape index (κ1) is 12.8. The molecule has 1 aliphatic rings. The molecule has 0 unspecified atom stereocenters. The van der Waals surface area contributed by atoms with Crippen LogP contribution in [-0.2, 0) is 6.54 Å². The predicted molar refractivity (Wildman–Crippen MR) is 69.3 cm³/mol. The Balaban J connectivity index is 2.32. The van der Waals surface area contributed by atoms with Crippen molar-refractivity contribution < 1.29 is 8.78 Å². The first-order chi connectivity index (χ1) is 9.60. The van der Waals surface area contributed by atoms with Gasteiger partial charge in [0, 0.05) is 23.9 Å². The number of nitriles is 1. The second-order valence-electron chi connectivity index (χ2n) is 4.19. The molecule has 0 fully saturated rings. The van der Waals surface area contributed by atoms with Crippen LogP contribution in [0.5, 0.6) is 0 Å². The second-order valence-corrected chi connectivity index (χ2v) is 5.26. The van der Waals surface area contributed by atoms with Gasteiger partial charge in [0.05, 0.1) is 5.69 Å². The van der Waals surface area contributed by atoms with Crippen molar-refractivity contribution in [2.24, 2.45) is 0 Å².